The molecule has 0 amide bonds. The maximum absolute atomic E-state index is 15.5. The number of carbonyl (C=O) groups is 7. The number of benzene rings is 1. The van der Waals surface area contributed by atoms with E-state index in [-0.39, 0.29) is 24.8 Å². The van der Waals surface area contributed by atoms with Gasteiger partial charge in [-0.05, 0) is 44.7 Å². The number of esters is 6. The minimum absolute atomic E-state index is 0.0162. The lowest BCUT2D eigenvalue weighted by molar-refractivity contribution is -0.258. The predicted molar refractivity (Wildman–Crippen MR) is 176 cm³/mol. The number of ketones is 1. The summed E-state index contributed by atoms with van der Waals surface area (Å²) >= 11 is 0. The second kappa shape index (κ2) is 13.0. The largest absolute Gasteiger partial charge is 0.461 e. The van der Waals surface area contributed by atoms with Crippen molar-refractivity contribution < 1.29 is 66.7 Å². The third kappa shape index (κ3) is 5.50. The Kier molecular flexibility index (Phi) is 9.33. The van der Waals surface area contributed by atoms with Crippen molar-refractivity contribution in [3.05, 3.63) is 35.9 Å². The van der Waals surface area contributed by atoms with Gasteiger partial charge in [-0.2, -0.15) is 0 Å². The molecule has 4 aliphatic carbocycles. The molecule has 282 valence electrons. The molecule has 1 aromatic rings. The Morgan fingerprint density at radius 3 is 2.02 bits per heavy atom. The molecule has 0 N–H and O–H groups in total. The molecule has 0 spiro atoms. The van der Waals surface area contributed by atoms with E-state index in [4.69, 9.17) is 33.2 Å². The maximum atomic E-state index is 15.5. The standard InChI is InChI=1S/C38H46O14/c1-9-25(43)49-28-18(2)15-38(52-22(6)42)27(28)32(47-19(3)39)37-17-46-36(8,34(38)48-20(4)40)30(37)26-24(16-35(26,7)51-21(5)41)29(31(37)44)50-33(45)23-13-11-10-12-14-23/h10-14,18,24,26-30,32,34H,9,15-17H2,1-8H3/t18?,24?,26?,27?,28?,29?,30?,32-,34?,35+,36-,37+,38?/m1/s1. The molecule has 0 radical (unpaired) electrons. The van der Waals surface area contributed by atoms with Crippen LogP contribution < -0.4 is 0 Å². The summed E-state index contributed by atoms with van der Waals surface area (Å²) in [5, 5.41) is 0. The highest BCUT2D eigenvalue weighted by Crippen LogP contribution is 2.73. The Hall–Kier alpha value is -4.33. The normalized spacial score (nSPS) is 41.1. The van der Waals surface area contributed by atoms with Crippen molar-refractivity contribution >= 4 is 41.6 Å². The van der Waals surface area contributed by atoms with Crippen molar-refractivity contribution in [3.63, 3.8) is 0 Å². The molecule has 4 saturated carbocycles. The smallest absolute Gasteiger partial charge is 0.338 e. The fourth-order valence-electron chi connectivity index (χ4n) is 10.7. The molecule has 1 saturated heterocycles. The summed E-state index contributed by atoms with van der Waals surface area (Å²) in [7, 11) is 0. The first-order valence-electron chi connectivity index (χ1n) is 17.7. The monoisotopic (exact) mass is 726 g/mol. The molecular weight excluding hydrogens is 680 g/mol. The van der Waals surface area contributed by atoms with E-state index in [9.17, 15) is 28.8 Å². The molecule has 0 aromatic heterocycles. The molecule has 6 rings (SSSR count). The van der Waals surface area contributed by atoms with E-state index in [0.29, 0.717) is 0 Å². The Morgan fingerprint density at radius 1 is 0.808 bits per heavy atom. The van der Waals surface area contributed by atoms with Crippen LogP contribution in [0.25, 0.3) is 0 Å². The molecule has 14 heteroatoms. The zero-order chi connectivity index (χ0) is 38.1. The highest BCUT2D eigenvalue weighted by Gasteiger charge is 2.86. The van der Waals surface area contributed by atoms with Gasteiger partial charge in [0, 0.05) is 51.9 Å². The van der Waals surface area contributed by atoms with Crippen molar-refractivity contribution in [3.8, 4) is 0 Å². The fourth-order valence-corrected chi connectivity index (χ4v) is 10.7. The van der Waals surface area contributed by atoms with Crippen molar-refractivity contribution in [2.24, 2.45) is 35.0 Å². The Balaban J connectivity index is 1.66. The van der Waals surface area contributed by atoms with Crippen LogP contribution in [0.4, 0.5) is 0 Å². The Morgan fingerprint density at radius 2 is 1.44 bits per heavy atom. The number of hydrogen-bond donors (Lipinski definition) is 0. The number of ether oxygens (including phenoxy) is 7. The van der Waals surface area contributed by atoms with Gasteiger partial charge >= 0.3 is 35.8 Å². The van der Waals surface area contributed by atoms with Gasteiger partial charge in [0.15, 0.2) is 23.6 Å². The van der Waals surface area contributed by atoms with E-state index < -0.39 is 124 Å². The van der Waals surface area contributed by atoms with Crippen LogP contribution in [-0.4, -0.2) is 89.4 Å². The van der Waals surface area contributed by atoms with E-state index in [1.807, 2.05) is 0 Å². The van der Waals surface area contributed by atoms with Crippen molar-refractivity contribution in [2.45, 2.75) is 116 Å². The third-order valence-electron chi connectivity index (χ3n) is 12.1. The summed E-state index contributed by atoms with van der Waals surface area (Å²) in [6.45, 7) is 11.1. The SMILES string of the molecule is CCC(=O)OC1C(C)CC2(OC(C)=O)C1[C@@H](OC(C)=O)[C@@]13CO[C@@](C)(C2OC(C)=O)C1C1C(C[C@]1(C)OC(C)=O)C(OC(=O)c1ccccc1)C3=O. The van der Waals surface area contributed by atoms with E-state index >= 15 is 4.79 Å². The van der Waals surface area contributed by atoms with E-state index in [0.717, 1.165) is 6.92 Å². The molecule has 1 aromatic carbocycles. The number of hydrogen-bond acceptors (Lipinski definition) is 14. The molecule has 13 atom stereocenters. The summed E-state index contributed by atoms with van der Waals surface area (Å²) in [5.41, 5.74) is -6.46. The van der Waals surface area contributed by atoms with Crippen molar-refractivity contribution in [1.82, 2.24) is 0 Å². The topological polar surface area (TPSA) is 184 Å². The lowest BCUT2D eigenvalue weighted by atomic mass is 9.42. The quantitative estimate of drug-likeness (QED) is 0.281. The van der Waals surface area contributed by atoms with Crippen LogP contribution >= 0.6 is 0 Å². The van der Waals surface area contributed by atoms with E-state index in [1.165, 1.54) is 20.8 Å². The van der Waals surface area contributed by atoms with Gasteiger partial charge < -0.3 is 33.2 Å². The number of rotatable bonds is 8. The van der Waals surface area contributed by atoms with Gasteiger partial charge in [0.1, 0.15) is 23.4 Å². The second-order valence-corrected chi connectivity index (χ2v) is 15.4. The predicted octanol–water partition coefficient (Wildman–Crippen LogP) is 3.30. The summed E-state index contributed by atoms with van der Waals surface area (Å²) in [4.78, 5) is 94.4. The van der Waals surface area contributed by atoms with Crippen LogP contribution in [0.5, 0.6) is 0 Å². The fraction of sp³-hybridized carbons (Fsp3) is 0.658. The molecule has 5 fully saturated rings. The minimum atomic E-state index is -1.88. The van der Waals surface area contributed by atoms with Crippen molar-refractivity contribution in [1.29, 1.82) is 0 Å². The summed E-state index contributed by atoms with van der Waals surface area (Å²) < 4.78 is 43.5. The second-order valence-electron chi connectivity index (χ2n) is 15.4. The van der Waals surface area contributed by atoms with Gasteiger partial charge in [-0.3, -0.25) is 28.8 Å². The van der Waals surface area contributed by atoms with E-state index in [2.05, 4.69) is 0 Å². The van der Waals surface area contributed by atoms with E-state index in [1.54, 1.807) is 58.0 Å². The van der Waals surface area contributed by atoms with Gasteiger partial charge in [0.05, 0.1) is 23.5 Å². The highest BCUT2D eigenvalue weighted by atomic mass is 16.6. The van der Waals surface area contributed by atoms with Crippen LogP contribution in [0.1, 0.15) is 85.0 Å². The molecule has 2 bridgehead atoms. The van der Waals surface area contributed by atoms with Gasteiger partial charge in [0.2, 0.25) is 0 Å². The zero-order valence-corrected chi connectivity index (χ0v) is 30.6. The third-order valence-corrected chi connectivity index (χ3v) is 12.1. The summed E-state index contributed by atoms with van der Waals surface area (Å²) in [6, 6.07) is 8.12. The Labute approximate surface area is 301 Å². The first kappa shape index (κ1) is 37.4. The molecule has 1 heterocycles. The van der Waals surface area contributed by atoms with Crippen LogP contribution in [-0.2, 0) is 61.9 Å². The minimum Gasteiger partial charge on any atom is -0.461 e. The van der Waals surface area contributed by atoms with Crippen LogP contribution in [0.15, 0.2) is 30.3 Å². The average Bonchev–Trinajstić information content (AvgIpc) is 3.48. The number of fused-ring (bicyclic) bond motifs is 2. The molecule has 1 aliphatic heterocycles. The summed E-state index contributed by atoms with van der Waals surface area (Å²) in [5.74, 6) is -9.31. The van der Waals surface area contributed by atoms with Gasteiger partial charge in [0.25, 0.3) is 0 Å². The lowest BCUT2D eigenvalue weighted by Gasteiger charge is -2.64. The van der Waals surface area contributed by atoms with Crippen LogP contribution in [0, 0.1) is 35.0 Å². The van der Waals surface area contributed by atoms with Gasteiger partial charge in [-0.25, -0.2) is 4.79 Å². The molecule has 52 heavy (non-hydrogen) atoms. The van der Waals surface area contributed by atoms with Crippen molar-refractivity contribution in [2.75, 3.05) is 6.61 Å². The number of carbonyl (C=O) groups excluding carboxylic acids is 7. The highest BCUT2D eigenvalue weighted by molar-refractivity contribution is 5.97. The molecule has 14 nitrogen and oxygen atoms in total. The first-order valence-corrected chi connectivity index (χ1v) is 17.7. The lowest BCUT2D eigenvalue weighted by Crippen LogP contribution is -2.75. The van der Waals surface area contributed by atoms with Gasteiger partial charge in [-0.1, -0.05) is 32.0 Å². The summed E-state index contributed by atoms with van der Waals surface area (Å²) in [6.07, 6.45) is -5.43. The molecule has 9 unspecified atom stereocenters. The van der Waals surface area contributed by atoms with Crippen LogP contribution in [0.3, 0.4) is 0 Å². The first-order chi connectivity index (χ1) is 24.4. The van der Waals surface area contributed by atoms with Crippen LogP contribution in [0.2, 0.25) is 0 Å². The zero-order valence-electron chi connectivity index (χ0n) is 30.6. The molecular formula is C38H46O14. The maximum Gasteiger partial charge on any atom is 0.338 e. The number of Topliss-reactive ketones (excluding diaryl/α,β-unsaturated/α-hetero) is 1. The molecule has 5 aliphatic rings. The Bertz CT molecular complexity index is 1690. The van der Waals surface area contributed by atoms with Gasteiger partial charge in [-0.15, -0.1) is 0 Å². The average molecular weight is 727 g/mol.